The molecule has 25 heavy (non-hydrogen) atoms. The molecule has 1 aromatic rings. The lowest BCUT2D eigenvalue weighted by atomic mass is 9.97. The summed E-state index contributed by atoms with van der Waals surface area (Å²) in [5.74, 6) is 4.10. The van der Waals surface area contributed by atoms with Crippen LogP contribution >= 0.6 is 0 Å². The smallest absolute Gasteiger partial charge is 0.240 e. The van der Waals surface area contributed by atoms with Gasteiger partial charge < -0.3 is 9.84 Å². The largest absolute Gasteiger partial charge is 0.352 e. The van der Waals surface area contributed by atoms with E-state index >= 15 is 0 Å². The number of amides is 1. The first kappa shape index (κ1) is 15.8. The molecule has 136 valence electrons. The molecular formula is C19H28N4O2. The molecule has 0 spiro atoms. The summed E-state index contributed by atoms with van der Waals surface area (Å²) in [7, 11) is 0. The molecule has 1 saturated heterocycles. The van der Waals surface area contributed by atoms with Crippen LogP contribution in [0.15, 0.2) is 4.52 Å². The monoisotopic (exact) mass is 344 g/mol. The van der Waals surface area contributed by atoms with Gasteiger partial charge in [0.15, 0.2) is 5.82 Å². The minimum Gasteiger partial charge on any atom is -0.352 e. The molecule has 2 heterocycles. The van der Waals surface area contributed by atoms with E-state index in [0.717, 1.165) is 50.1 Å². The van der Waals surface area contributed by atoms with Crippen molar-refractivity contribution in [1.29, 1.82) is 0 Å². The van der Waals surface area contributed by atoms with E-state index in [9.17, 15) is 4.79 Å². The van der Waals surface area contributed by atoms with E-state index < -0.39 is 0 Å². The zero-order valence-corrected chi connectivity index (χ0v) is 14.8. The number of nitrogens with one attached hydrogen (secondary N) is 1. The fourth-order valence-electron chi connectivity index (χ4n) is 4.72. The first-order valence-electron chi connectivity index (χ1n) is 10.1. The molecule has 5 rings (SSSR count). The average Bonchev–Trinajstić information content (AvgIpc) is 3.49. The maximum Gasteiger partial charge on any atom is 0.240 e. The number of carbonyl (C=O) groups excluding carboxylic acids is 1. The summed E-state index contributed by atoms with van der Waals surface area (Å²) in [5, 5.41) is 7.52. The van der Waals surface area contributed by atoms with Gasteiger partial charge in [0.05, 0.1) is 6.54 Å². The van der Waals surface area contributed by atoms with E-state index in [2.05, 4.69) is 20.4 Å². The fraction of sp³-hybridized carbons (Fsp3) is 0.842. The van der Waals surface area contributed by atoms with Crippen molar-refractivity contribution in [1.82, 2.24) is 20.4 Å². The number of hydrogen-bond donors (Lipinski definition) is 1. The number of carbonyl (C=O) groups is 1. The molecule has 0 bridgehead atoms. The van der Waals surface area contributed by atoms with Gasteiger partial charge >= 0.3 is 0 Å². The predicted octanol–water partition coefficient (Wildman–Crippen LogP) is 2.46. The van der Waals surface area contributed by atoms with Gasteiger partial charge in [-0.3, -0.25) is 9.69 Å². The third kappa shape index (κ3) is 3.46. The number of aromatic nitrogens is 2. The minimum absolute atomic E-state index is 0.256. The molecule has 1 amide bonds. The third-order valence-electron chi connectivity index (χ3n) is 6.51. The Morgan fingerprint density at radius 2 is 1.92 bits per heavy atom. The standard InChI is InChI=1S/C19H28N4O2/c24-19(14-3-1-2-4-14)20-16-10-23(9-15(16)12-5-6-12)11-17-21-18(22-25-17)13-7-8-13/h12-16H,1-11H2,(H,20,24)/t15-,16+/m1/s1. The van der Waals surface area contributed by atoms with Crippen LogP contribution in [0, 0.1) is 17.8 Å². The Morgan fingerprint density at radius 1 is 1.12 bits per heavy atom. The molecule has 0 radical (unpaired) electrons. The second-order valence-corrected chi connectivity index (χ2v) is 8.61. The fourth-order valence-corrected chi connectivity index (χ4v) is 4.72. The van der Waals surface area contributed by atoms with Crippen LogP contribution in [-0.2, 0) is 11.3 Å². The van der Waals surface area contributed by atoms with E-state index in [1.165, 1.54) is 38.5 Å². The van der Waals surface area contributed by atoms with Crippen molar-refractivity contribution in [3.63, 3.8) is 0 Å². The molecule has 3 aliphatic carbocycles. The van der Waals surface area contributed by atoms with Crippen LogP contribution in [0.4, 0.5) is 0 Å². The van der Waals surface area contributed by atoms with E-state index in [4.69, 9.17) is 4.52 Å². The molecule has 3 saturated carbocycles. The van der Waals surface area contributed by atoms with Crippen LogP contribution in [-0.4, -0.2) is 40.1 Å². The third-order valence-corrected chi connectivity index (χ3v) is 6.51. The van der Waals surface area contributed by atoms with Crippen LogP contribution in [0.1, 0.15) is 69.0 Å². The zero-order valence-electron chi connectivity index (χ0n) is 14.8. The molecule has 6 heteroatoms. The van der Waals surface area contributed by atoms with Gasteiger partial charge in [0.1, 0.15) is 0 Å². The quantitative estimate of drug-likeness (QED) is 0.858. The Balaban J connectivity index is 1.21. The second kappa shape index (κ2) is 6.38. The Labute approximate surface area is 148 Å². The highest BCUT2D eigenvalue weighted by atomic mass is 16.5. The van der Waals surface area contributed by atoms with E-state index in [1.807, 2.05) is 0 Å². The molecular weight excluding hydrogens is 316 g/mol. The van der Waals surface area contributed by atoms with Crippen LogP contribution in [0.3, 0.4) is 0 Å². The highest BCUT2D eigenvalue weighted by Gasteiger charge is 2.44. The van der Waals surface area contributed by atoms with Crippen molar-refractivity contribution < 1.29 is 9.32 Å². The normalized spacial score (nSPS) is 30.9. The molecule has 6 nitrogen and oxygen atoms in total. The molecule has 1 N–H and O–H groups in total. The van der Waals surface area contributed by atoms with Crippen molar-refractivity contribution in [2.45, 2.75) is 69.9 Å². The summed E-state index contributed by atoms with van der Waals surface area (Å²) in [6, 6.07) is 0.298. The van der Waals surface area contributed by atoms with E-state index in [-0.39, 0.29) is 5.92 Å². The van der Waals surface area contributed by atoms with E-state index in [1.54, 1.807) is 0 Å². The van der Waals surface area contributed by atoms with Crippen molar-refractivity contribution in [2.24, 2.45) is 17.8 Å². The predicted molar refractivity (Wildman–Crippen MR) is 91.7 cm³/mol. The van der Waals surface area contributed by atoms with Gasteiger partial charge in [-0.25, -0.2) is 0 Å². The molecule has 2 atom stereocenters. The Bertz CT molecular complexity index is 631. The lowest BCUT2D eigenvalue weighted by Crippen LogP contribution is -2.43. The van der Waals surface area contributed by atoms with Crippen molar-refractivity contribution in [2.75, 3.05) is 13.1 Å². The molecule has 1 aromatic heterocycles. The maximum atomic E-state index is 12.6. The Kier molecular flexibility index (Phi) is 4.03. The van der Waals surface area contributed by atoms with Gasteiger partial charge in [-0.05, 0) is 50.4 Å². The van der Waals surface area contributed by atoms with Crippen molar-refractivity contribution >= 4 is 5.91 Å². The zero-order chi connectivity index (χ0) is 16.8. The number of likely N-dealkylation sites (tertiary alicyclic amines) is 1. The van der Waals surface area contributed by atoms with Gasteiger partial charge in [-0.2, -0.15) is 4.98 Å². The molecule has 4 fully saturated rings. The van der Waals surface area contributed by atoms with E-state index in [0.29, 0.717) is 23.8 Å². The van der Waals surface area contributed by atoms with Crippen LogP contribution < -0.4 is 5.32 Å². The second-order valence-electron chi connectivity index (χ2n) is 8.61. The number of nitrogens with zero attached hydrogens (tertiary/aromatic N) is 3. The lowest BCUT2D eigenvalue weighted by Gasteiger charge is -2.21. The molecule has 0 aromatic carbocycles. The maximum absolute atomic E-state index is 12.6. The molecule has 1 aliphatic heterocycles. The van der Waals surface area contributed by atoms with Crippen LogP contribution in [0.5, 0.6) is 0 Å². The molecule has 0 unspecified atom stereocenters. The number of hydrogen-bond acceptors (Lipinski definition) is 5. The SMILES string of the molecule is O=C(N[C@H]1CN(Cc2nc(C3CC3)no2)C[C@@H]1C1CC1)C1CCCC1. The molecule has 4 aliphatic rings. The highest BCUT2D eigenvalue weighted by molar-refractivity contribution is 5.79. The van der Waals surface area contributed by atoms with Gasteiger partial charge in [0, 0.05) is 31.0 Å². The van der Waals surface area contributed by atoms with Gasteiger partial charge in [-0.15, -0.1) is 0 Å². The van der Waals surface area contributed by atoms with Crippen LogP contribution in [0.2, 0.25) is 0 Å². The first-order chi connectivity index (χ1) is 12.3. The van der Waals surface area contributed by atoms with Crippen molar-refractivity contribution in [3.05, 3.63) is 11.7 Å². The highest BCUT2D eigenvalue weighted by Crippen LogP contribution is 2.42. The summed E-state index contributed by atoms with van der Waals surface area (Å²) in [5.41, 5.74) is 0. The lowest BCUT2D eigenvalue weighted by molar-refractivity contribution is -0.125. The summed E-state index contributed by atoms with van der Waals surface area (Å²) in [6.07, 6.45) is 9.60. The Hall–Kier alpha value is -1.43. The number of rotatable bonds is 6. The minimum atomic E-state index is 0.256. The average molecular weight is 344 g/mol. The van der Waals surface area contributed by atoms with Crippen molar-refractivity contribution in [3.8, 4) is 0 Å². The summed E-state index contributed by atoms with van der Waals surface area (Å²) < 4.78 is 5.45. The van der Waals surface area contributed by atoms with Gasteiger partial charge in [0.2, 0.25) is 11.8 Å². The van der Waals surface area contributed by atoms with Gasteiger partial charge in [0.25, 0.3) is 0 Å². The Morgan fingerprint density at radius 3 is 2.64 bits per heavy atom. The summed E-state index contributed by atoms with van der Waals surface area (Å²) in [4.78, 5) is 19.5. The van der Waals surface area contributed by atoms with Crippen LogP contribution in [0.25, 0.3) is 0 Å². The topological polar surface area (TPSA) is 71.3 Å². The summed E-state index contributed by atoms with van der Waals surface area (Å²) >= 11 is 0. The van der Waals surface area contributed by atoms with Gasteiger partial charge in [-0.1, -0.05) is 18.0 Å². The summed E-state index contributed by atoms with van der Waals surface area (Å²) in [6.45, 7) is 2.68. The first-order valence-corrected chi connectivity index (χ1v) is 10.1.